The van der Waals surface area contributed by atoms with Crippen molar-refractivity contribution in [2.45, 2.75) is 44.5 Å². The lowest BCUT2D eigenvalue weighted by Crippen LogP contribution is -2.13. The molecule has 0 amide bonds. The van der Waals surface area contributed by atoms with Gasteiger partial charge in [-0.05, 0) is 22.4 Å². The van der Waals surface area contributed by atoms with Gasteiger partial charge >= 0.3 is 0 Å². The highest BCUT2D eigenvalue weighted by Gasteiger charge is 2.19. The molecule has 0 spiro atoms. The molecule has 80 valence electrons. The Balaban J connectivity index is 2.97. The van der Waals surface area contributed by atoms with E-state index in [9.17, 15) is 0 Å². The van der Waals surface area contributed by atoms with Crippen molar-refractivity contribution in [1.29, 1.82) is 0 Å². The monoisotopic (exact) mass is 322 g/mol. The van der Waals surface area contributed by atoms with E-state index in [0.29, 0.717) is 10.7 Å². The zero-order valence-electron chi connectivity index (χ0n) is 8.80. The number of nitrogens with zero attached hydrogens (tertiary/aromatic N) is 2. The molecule has 0 aromatic carbocycles. The van der Waals surface area contributed by atoms with Crippen LogP contribution in [0.3, 0.4) is 0 Å². The van der Waals surface area contributed by atoms with Gasteiger partial charge in [-0.3, -0.25) is 4.68 Å². The first-order chi connectivity index (χ1) is 6.57. The zero-order chi connectivity index (χ0) is 10.7. The lowest BCUT2D eigenvalue weighted by Gasteiger charge is -2.16. The number of hydrogen-bond acceptors (Lipinski definition) is 1. The topological polar surface area (TPSA) is 17.8 Å². The van der Waals surface area contributed by atoms with Gasteiger partial charge in [0.15, 0.2) is 0 Å². The summed E-state index contributed by atoms with van der Waals surface area (Å²) in [7, 11) is 0. The summed E-state index contributed by atoms with van der Waals surface area (Å²) >= 11 is 7.17. The molecule has 0 aliphatic rings. The minimum absolute atomic E-state index is 0.464. The Bertz CT molecular complexity index is 294. The maximum absolute atomic E-state index is 4.36. The normalized spacial score (nSPS) is 15.5. The van der Waals surface area contributed by atoms with Crippen LogP contribution in [-0.4, -0.2) is 14.6 Å². The van der Waals surface area contributed by atoms with Gasteiger partial charge < -0.3 is 0 Å². The van der Waals surface area contributed by atoms with Crippen LogP contribution in [-0.2, 0) is 6.54 Å². The van der Waals surface area contributed by atoms with Gasteiger partial charge in [0.2, 0.25) is 0 Å². The van der Waals surface area contributed by atoms with Crippen LogP contribution < -0.4 is 0 Å². The van der Waals surface area contributed by atoms with E-state index in [1.165, 1.54) is 5.69 Å². The second kappa shape index (κ2) is 5.31. The Morgan fingerprint density at radius 3 is 2.64 bits per heavy atom. The van der Waals surface area contributed by atoms with Crippen molar-refractivity contribution in [2.24, 2.45) is 0 Å². The van der Waals surface area contributed by atoms with Gasteiger partial charge in [-0.15, -0.1) is 0 Å². The van der Waals surface area contributed by atoms with Gasteiger partial charge in [-0.2, -0.15) is 5.10 Å². The van der Waals surface area contributed by atoms with Crippen LogP contribution in [0.25, 0.3) is 0 Å². The summed E-state index contributed by atoms with van der Waals surface area (Å²) in [5.41, 5.74) is 1.29. The molecule has 0 N–H and O–H groups in total. The van der Waals surface area contributed by atoms with Crippen LogP contribution in [0, 0.1) is 0 Å². The summed E-state index contributed by atoms with van der Waals surface area (Å²) in [5.74, 6) is 0.471. The lowest BCUT2D eigenvalue weighted by atomic mass is 10.1. The van der Waals surface area contributed by atoms with Crippen molar-refractivity contribution in [1.82, 2.24) is 9.78 Å². The van der Waals surface area contributed by atoms with E-state index in [0.717, 1.165) is 17.4 Å². The smallest absolute Gasteiger partial charge is 0.0635 e. The van der Waals surface area contributed by atoms with Crippen LogP contribution in [0.4, 0.5) is 0 Å². The first kappa shape index (κ1) is 12.2. The quantitative estimate of drug-likeness (QED) is 0.767. The molecule has 0 saturated carbocycles. The number of hydrogen-bond donors (Lipinski definition) is 0. The third-order valence-electron chi connectivity index (χ3n) is 2.39. The van der Waals surface area contributed by atoms with E-state index in [1.54, 1.807) is 0 Å². The van der Waals surface area contributed by atoms with Gasteiger partial charge in [0.25, 0.3) is 0 Å². The van der Waals surface area contributed by atoms with Gasteiger partial charge in [0.05, 0.1) is 16.4 Å². The van der Waals surface area contributed by atoms with Crippen molar-refractivity contribution in [3.05, 3.63) is 16.4 Å². The highest BCUT2D eigenvalue weighted by atomic mass is 79.9. The van der Waals surface area contributed by atoms with Gasteiger partial charge in [-0.1, -0.05) is 36.7 Å². The molecule has 0 bridgehead atoms. The Hall–Kier alpha value is 0.170. The minimum Gasteiger partial charge on any atom is -0.268 e. The third kappa shape index (κ3) is 2.60. The second-order valence-corrected chi connectivity index (χ2v) is 5.87. The Morgan fingerprint density at radius 1 is 1.50 bits per heavy atom. The molecule has 14 heavy (non-hydrogen) atoms. The molecule has 0 aliphatic carbocycles. The molecule has 4 heteroatoms. The van der Waals surface area contributed by atoms with Crippen molar-refractivity contribution >= 4 is 31.9 Å². The standard InChI is InChI=1S/C10H16Br2N2/c1-4-5-14-10(7(2)8(3)11)9(12)6-13-14/h6-8H,4-5H2,1-3H3. The van der Waals surface area contributed by atoms with Crippen molar-refractivity contribution in [2.75, 3.05) is 0 Å². The summed E-state index contributed by atoms with van der Waals surface area (Å²) in [6.45, 7) is 7.54. The van der Waals surface area contributed by atoms with E-state index in [4.69, 9.17) is 0 Å². The van der Waals surface area contributed by atoms with Crippen LogP contribution in [0.15, 0.2) is 10.7 Å². The largest absolute Gasteiger partial charge is 0.268 e. The number of rotatable bonds is 4. The van der Waals surface area contributed by atoms with Gasteiger partial charge in [0, 0.05) is 17.3 Å². The van der Waals surface area contributed by atoms with Crippen molar-refractivity contribution in [3.63, 3.8) is 0 Å². The Morgan fingerprint density at radius 2 is 2.14 bits per heavy atom. The molecular weight excluding hydrogens is 308 g/mol. The van der Waals surface area contributed by atoms with E-state index < -0.39 is 0 Å². The van der Waals surface area contributed by atoms with Crippen LogP contribution in [0.5, 0.6) is 0 Å². The maximum atomic E-state index is 4.36. The highest BCUT2D eigenvalue weighted by molar-refractivity contribution is 9.10. The van der Waals surface area contributed by atoms with E-state index >= 15 is 0 Å². The highest BCUT2D eigenvalue weighted by Crippen LogP contribution is 2.30. The lowest BCUT2D eigenvalue weighted by molar-refractivity contribution is 0.545. The fourth-order valence-electron chi connectivity index (χ4n) is 1.43. The summed E-state index contributed by atoms with van der Waals surface area (Å²) < 4.78 is 3.21. The van der Waals surface area contributed by atoms with Crippen molar-refractivity contribution in [3.8, 4) is 0 Å². The number of alkyl halides is 1. The fourth-order valence-corrected chi connectivity index (χ4v) is 2.34. The number of aromatic nitrogens is 2. The SMILES string of the molecule is CCCn1ncc(Br)c1C(C)C(C)Br. The molecule has 0 aliphatic heterocycles. The Kier molecular flexibility index (Phi) is 4.64. The molecule has 1 rings (SSSR count). The molecule has 0 radical (unpaired) electrons. The predicted octanol–water partition coefficient (Wildman–Crippen LogP) is 3.94. The number of halogens is 2. The molecule has 1 aromatic rings. The maximum Gasteiger partial charge on any atom is 0.0635 e. The average Bonchev–Trinajstić information content (AvgIpc) is 2.47. The Labute approximate surface area is 102 Å². The van der Waals surface area contributed by atoms with Gasteiger partial charge in [-0.25, -0.2) is 0 Å². The summed E-state index contributed by atoms with van der Waals surface area (Å²) in [6.07, 6.45) is 3.00. The third-order valence-corrected chi connectivity index (χ3v) is 3.79. The van der Waals surface area contributed by atoms with Gasteiger partial charge in [0.1, 0.15) is 0 Å². The van der Waals surface area contributed by atoms with Crippen LogP contribution in [0.2, 0.25) is 0 Å². The molecular formula is C10H16Br2N2. The summed E-state index contributed by atoms with van der Waals surface area (Å²) in [6, 6.07) is 0. The molecule has 1 heterocycles. The van der Waals surface area contributed by atoms with Crippen LogP contribution >= 0.6 is 31.9 Å². The predicted molar refractivity (Wildman–Crippen MR) is 67.0 cm³/mol. The summed E-state index contributed by atoms with van der Waals surface area (Å²) in [4.78, 5) is 0.464. The summed E-state index contributed by atoms with van der Waals surface area (Å²) in [5, 5.41) is 4.36. The van der Waals surface area contributed by atoms with Crippen LogP contribution in [0.1, 0.15) is 38.8 Å². The molecule has 2 atom stereocenters. The number of aryl methyl sites for hydroxylation is 1. The van der Waals surface area contributed by atoms with Crippen molar-refractivity contribution < 1.29 is 0 Å². The first-order valence-corrected chi connectivity index (χ1v) is 6.64. The second-order valence-electron chi connectivity index (χ2n) is 3.57. The van der Waals surface area contributed by atoms with E-state index in [1.807, 2.05) is 6.20 Å². The molecule has 0 fully saturated rings. The zero-order valence-corrected chi connectivity index (χ0v) is 12.0. The first-order valence-electron chi connectivity index (χ1n) is 4.93. The molecule has 2 nitrogen and oxygen atoms in total. The van der Waals surface area contributed by atoms with E-state index in [-0.39, 0.29) is 0 Å². The minimum atomic E-state index is 0.464. The molecule has 1 aromatic heterocycles. The fraction of sp³-hybridized carbons (Fsp3) is 0.700. The molecule has 2 unspecified atom stereocenters. The molecule has 0 saturated heterocycles. The van der Waals surface area contributed by atoms with E-state index in [2.05, 4.69) is 62.4 Å². The average molecular weight is 324 g/mol.